The van der Waals surface area contributed by atoms with Crippen LogP contribution in [0.15, 0.2) is 46.9 Å². The minimum Gasteiger partial charge on any atom is -0.465 e. The van der Waals surface area contributed by atoms with Gasteiger partial charge in [0.05, 0.1) is 19.2 Å². The molecule has 23 heavy (non-hydrogen) atoms. The number of esters is 1. The van der Waals surface area contributed by atoms with E-state index in [0.29, 0.717) is 11.3 Å². The van der Waals surface area contributed by atoms with E-state index in [2.05, 4.69) is 31.3 Å². The van der Waals surface area contributed by atoms with Crippen molar-refractivity contribution in [3.05, 3.63) is 58.1 Å². The second-order valence-electron chi connectivity index (χ2n) is 4.94. The Morgan fingerprint density at radius 3 is 2.61 bits per heavy atom. The number of nitrogens with one attached hydrogen (secondary N) is 2. The number of rotatable bonds is 5. The second kappa shape index (κ2) is 7.78. The van der Waals surface area contributed by atoms with E-state index in [1.54, 1.807) is 24.3 Å². The molecule has 0 bridgehead atoms. The predicted molar refractivity (Wildman–Crippen MR) is 93.8 cm³/mol. The highest BCUT2D eigenvalue weighted by Gasteiger charge is 2.08. The van der Waals surface area contributed by atoms with E-state index in [0.717, 1.165) is 15.7 Å². The SMILES string of the molecule is COC(=O)c1cccc(NC(=O)CNc2ccc(Br)c(C)c2)c1. The molecular formula is C17H17BrN2O3. The lowest BCUT2D eigenvalue weighted by atomic mass is 10.2. The van der Waals surface area contributed by atoms with Crippen molar-refractivity contribution in [3.8, 4) is 0 Å². The molecule has 0 aliphatic rings. The maximum atomic E-state index is 12.0. The number of hydrogen-bond acceptors (Lipinski definition) is 4. The van der Waals surface area contributed by atoms with E-state index >= 15 is 0 Å². The average molecular weight is 377 g/mol. The molecule has 0 radical (unpaired) electrons. The van der Waals surface area contributed by atoms with Crippen LogP contribution in [0.2, 0.25) is 0 Å². The van der Waals surface area contributed by atoms with E-state index in [-0.39, 0.29) is 12.5 Å². The monoisotopic (exact) mass is 376 g/mol. The normalized spacial score (nSPS) is 10.0. The molecule has 0 unspecified atom stereocenters. The minimum absolute atomic E-state index is 0.128. The van der Waals surface area contributed by atoms with Crippen LogP contribution >= 0.6 is 15.9 Å². The fraction of sp³-hybridized carbons (Fsp3) is 0.176. The van der Waals surface area contributed by atoms with Crippen LogP contribution in [0.4, 0.5) is 11.4 Å². The number of carbonyl (C=O) groups is 2. The van der Waals surface area contributed by atoms with Gasteiger partial charge in [-0.05, 0) is 48.9 Å². The van der Waals surface area contributed by atoms with Gasteiger partial charge in [-0.1, -0.05) is 22.0 Å². The smallest absolute Gasteiger partial charge is 0.337 e. The van der Waals surface area contributed by atoms with Crippen LogP contribution in [0, 0.1) is 6.92 Å². The first-order chi connectivity index (χ1) is 11.0. The predicted octanol–water partition coefficient (Wildman–Crippen LogP) is 3.59. The van der Waals surface area contributed by atoms with Gasteiger partial charge in [0, 0.05) is 15.8 Å². The number of ether oxygens (including phenoxy) is 1. The maximum Gasteiger partial charge on any atom is 0.337 e. The Hall–Kier alpha value is -2.34. The number of methoxy groups -OCH3 is 1. The van der Waals surface area contributed by atoms with Gasteiger partial charge in [0.1, 0.15) is 0 Å². The Morgan fingerprint density at radius 1 is 1.13 bits per heavy atom. The summed E-state index contributed by atoms with van der Waals surface area (Å²) < 4.78 is 5.68. The van der Waals surface area contributed by atoms with Gasteiger partial charge >= 0.3 is 5.97 Å². The standard InChI is InChI=1S/C17H17BrN2O3/c1-11-8-13(6-7-15(11)18)19-10-16(21)20-14-5-3-4-12(9-14)17(22)23-2/h3-9,19H,10H2,1-2H3,(H,20,21). The van der Waals surface area contributed by atoms with E-state index in [1.165, 1.54) is 7.11 Å². The largest absolute Gasteiger partial charge is 0.465 e. The fourth-order valence-corrected chi connectivity index (χ4v) is 2.23. The number of halogens is 1. The van der Waals surface area contributed by atoms with Gasteiger partial charge in [0.15, 0.2) is 0 Å². The van der Waals surface area contributed by atoms with Crippen molar-refractivity contribution in [1.82, 2.24) is 0 Å². The summed E-state index contributed by atoms with van der Waals surface area (Å²) in [5, 5.41) is 5.80. The molecule has 1 amide bonds. The summed E-state index contributed by atoms with van der Waals surface area (Å²) >= 11 is 3.43. The third kappa shape index (κ3) is 4.82. The first kappa shape index (κ1) is 17.0. The molecule has 0 fully saturated rings. The first-order valence-corrected chi connectivity index (χ1v) is 7.77. The van der Waals surface area contributed by atoms with Crippen molar-refractivity contribution in [2.75, 3.05) is 24.3 Å². The molecule has 6 heteroatoms. The third-order valence-corrected chi connectivity index (χ3v) is 4.07. The Bertz CT molecular complexity index is 732. The lowest BCUT2D eigenvalue weighted by Gasteiger charge is -2.09. The van der Waals surface area contributed by atoms with Gasteiger partial charge in [-0.25, -0.2) is 4.79 Å². The molecule has 2 aromatic carbocycles. The maximum absolute atomic E-state index is 12.0. The molecular weight excluding hydrogens is 360 g/mol. The number of aryl methyl sites for hydroxylation is 1. The lowest BCUT2D eigenvalue weighted by molar-refractivity contribution is -0.114. The molecule has 2 N–H and O–H groups in total. The molecule has 0 saturated heterocycles. The zero-order chi connectivity index (χ0) is 16.8. The van der Waals surface area contributed by atoms with Crippen LogP contribution in [0.5, 0.6) is 0 Å². The third-order valence-electron chi connectivity index (χ3n) is 3.18. The van der Waals surface area contributed by atoms with Crippen molar-refractivity contribution in [1.29, 1.82) is 0 Å². The number of benzene rings is 2. The van der Waals surface area contributed by atoms with Gasteiger partial charge < -0.3 is 15.4 Å². The van der Waals surface area contributed by atoms with Crippen LogP contribution in [-0.2, 0) is 9.53 Å². The molecule has 0 aliphatic carbocycles. The van der Waals surface area contributed by atoms with E-state index < -0.39 is 5.97 Å². The summed E-state index contributed by atoms with van der Waals surface area (Å²) in [6.07, 6.45) is 0. The molecule has 2 aromatic rings. The minimum atomic E-state index is -0.440. The Kier molecular flexibility index (Phi) is 5.76. The molecule has 0 saturated carbocycles. The zero-order valence-electron chi connectivity index (χ0n) is 12.9. The van der Waals surface area contributed by atoms with Crippen molar-refractivity contribution < 1.29 is 14.3 Å². The molecule has 2 rings (SSSR count). The lowest BCUT2D eigenvalue weighted by Crippen LogP contribution is -2.22. The zero-order valence-corrected chi connectivity index (χ0v) is 14.4. The Morgan fingerprint density at radius 2 is 1.91 bits per heavy atom. The number of anilines is 2. The van der Waals surface area contributed by atoms with Gasteiger partial charge in [-0.2, -0.15) is 0 Å². The van der Waals surface area contributed by atoms with E-state index in [1.807, 2.05) is 25.1 Å². The summed E-state index contributed by atoms with van der Waals surface area (Å²) in [6.45, 7) is 2.11. The van der Waals surface area contributed by atoms with Crippen LogP contribution in [0.25, 0.3) is 0 Å². The van der Waals surface area contributed by atoms with Crippen LogP contribution in [0.1, 0.15) is 15.9 Å². The molecule has 0 atom stereocenters. The van der Waals surface area contributed by atoms with Gasteiger partial charge in [-0.3, -0.25) is 4.79 Å². The van der Waals surface area contributed by atoms with Crippen LogP contribution < -0.4 is 10.6 Å². The second-order valence-corrected chi connectivity index (χ2v) is 5.79. The van der Waals surface area contributed by atoms with Gasteiger partial charge in [0.25, 0.3) is 0 Å². The van der Waals surface area contributed by atoms with Crippen molar-refractivity contribution in [3.63, 3.8) is 0 Å². The molecule has 0 aliphatic heterocycles. The molecule has 0 heterocycles. The van der Waals surface area contributed by atoms with Gasteiger partial charge in [-0.15, -0.1) is 0 Å². The van der Waals surface area contributed by atoms with Crippen molar-refractivity contribution >= 4 is 39.2 Å². The van der Waals surface area contributed by atoms with Gasteiger partial charge in [0.2, 0.25) is 5.91 Å². The van der Waals surface area contributed by atoms with Crippen molar-refractivity contribution in [2.45, 2.75) is 6.92 Å². The topological polar surface area (TPSA) is 67.4 Å². The fourth-order valence-electron chi connectivity index (χ4n) is 1.98. The average Bonchev–Trinajstić information content (AvgIpc) is 2.55. The van der Waals surface area contributed by atoms with Crippen LogP contribution in [0.3, 0.4) is 0 Å². The summed E-state index contributed by atoms with van der Waals surface area (Å²) in [4.78, 5) is 23.5. The highest BCUT2D eigenvalue weighted by molar-refractivity contribution is 9.10. The first-order valence-electron chi connectivity index (χ1n) is 6.98. The molecule has 0 aromatic heterocycles. The van der Waals surface area contributed by atoms with Crippen molar-refractivity contribution in [2.24, 2.45) is 0 Å². The summed E-state index contributed by atoms with van der Waals surface area (Å²) in [5.41, 5.74) is 2.89. The number of hydrogen-bond donors (Lipinski definition) is 2. The highest BCUT2D eigenvalue weighted by atomic mass is 79.9. The number of carbonyl (C=O) groups excluding carboxylic acids is 2. The molecule has 120 valence electrons. The Balaban J connectivity index is 1.94. The highest BCUT2D eigenvalue weighted by Crippen LogP contribution is 2.19. The van der Waals surface area contributed by atoms with E-state index in [4.69, 9.17) is 0 Å². The number of amides is 1. The summed E-state index contributed by atoms with van der Waals surface area (Å²) in [6, 6.07) is 12.4. The van der Waals surface area contributed by atoms with E-state index in [9.17, 15) is 9.59 Å². The molecule has 0 spiro atoms. The summed E-state index contributed by atoms with van der Waals surface area (Å²) in [7, 11) is 1.32. The molecule has 5 nitrogen and oxygen atoms in total. The summed E-state index contributed by atoms with van der Waals surface area (Å²) in [5.74, 6) is -0.642. The quantitative estimate of drug-likeness (QED) is 0.782. The Labute approximate surface area is 143 Å². The van der Waals surface area contributed by atoms with Crippen LogP contribution in [-0.4, -0.2) is 25.5 Å².